The fourth-order valence-corrected chi connectivity index (χ4v) is 5.37. The van der Waals surface area contributed by atoms with E-state index in [1.165, 1.54) is 10.7 Å². The predicted molar refractivity (Wildman–Crippen MR) is 142 cm³/mol. The van der Waals surface area contributed by atoms with Crippen LogP contribution in [0.3, 0.4) is 0 Å². The van der Waals surface area contributed by atoms with Crippen LogP contribution in [0.2, 0.25) is 0 Å². The molecular weight excluding hydrogens is 504 g/mol. The molecule has 39 heavy (non-hydrogen) atoms. The normalized spacial score (nSPS) is 20.4. The van der Waals surface area contributed by atoms with E-state index >= 15 is 0 Å². The van der Waals surface area contributed by atoms with Crippen LogP contribution in [0, 0.1) is 5.92 Å². The first-order valence-corrected chi connectivity index (χ1v) is 12.9. The van der Waals surface area contributed by atoms with E-state index < -0.39 is 18.2 Å². The van der Waals surface area contributed by atoms with E-state index in [1.54, 1.807) is 36.7 Å². The number of amides is 1. The summed E-state index contributed by atoms with van der Waals surface area (Å²) in [5.41, 5.74) is 3.05. The number of nitrogens with zero attached hydrogens (tertiary/aromatic N) is 5. The topological polar surface area (TPSA) is 87.0 Å². The largest absolute Gasteiger partial charge is 0.434 e. The first-order valence-electron chi connectivity index (χ1n) is 12.9. The number of carbonyl (C=O) groups is 1. The second kappa shape index (κ2) is 10.2. The van der Waals surface area contributed by atoms with Crippen LogP contribution in [0.25, 0.3) is 16.4 Å². The second-order valence-corrected chi connectivity index (χ2v) is 10.1. The Hall–Kier alpha value is -4.09. The number of alkyl halides is 2. The van der Waals surface area contributed by atoms with Gasteiger partial charge < -0.3 is 20.0 Å². The lowest BCUT2D eigenvalue weighted by atomic mass is 9.95. The fourth-order valence-electron chi connectivity index (χ4n) is 5.37. The van der Waals surface area contributed by atoms with Crippen LogP contribution in [0.5, 0.6) is 5.75 Å². The molecule has 1 unspecified atom stereocenters. The third-order valence-corrected chi connectivity index (χ3v) is 7.44. The molecule has 1 fully saturated rings. The Morgan fingerprint density at radius 3 is 2.74 bits per heavy atom. The number of hydrogen-bond donors (Lipinski definition) is 2. The number of fused-ring (bicyclic) bond motifs is 2. The molecule has 2 aromatic carbocycles. The average molecular weight is 534 g/mol. The van der Waals surface area contributed by atoms with Crippen LogP contribution in [-0.4, -0.2) is 63.7 Å². The van der Waals surface area contributed by atoms with Crippen molar-refractivity contribution in [1.82, 2.24) is 35.2 Å². The molecule has 2 aliphatic rings. The van der Waals surface area contributed by atoms with Crippen LogP contribution in [0.4, 0.5) is 8.78 Å². The number of halogens is 2. The number of rotatable bonds is 7. The van der Waals surface area contributed by atoms with Gasteiger partial charge in [-0.05, 0) is 73.9 Å². The molecular formula is C28H29F2N7O2. The molecule has 2 aliphatic heterocycles. The molecule has 4 heterocycles. The van der Waals surface area contributed by atoms with Gasteiger partial charge in [-0.3, -0.25) is 4.79 Å². The third kappa shape index (κ3) is 5.02. The molecule has 1 amide bonds. The van der Waals surface area contributed by atoms with Crippen LogP contribution in [0.1, 0.15) is 28.8 Å². The summed E-state index contributed by atoms with van der Waals surface area (Å²) in [6.07, 6.45) is 10.5. The Balaban J connectivity index is 1.39. The van der Waals surface area contributed by atoms with Crippen molar-refractivity contribution in [1.29, 1.82) is 0 Å². The highest BCUT2D eigenvalue weighted by atomic mass is 19.3. The van der Waals surface area contributed by atoms with Gasteiger partial charge in [0.05, 0.1) is 6.20 Å². The number of hydrogen-bond acceptors (Lipinski definition) is 7. The second-order valence-electron chi connectivity index (χ2n) is 10.1. The first kappa shape index (κ1) is 25.2. The Morgan fingerprint density at radius 1 is 1.21 bits per heavy atom. The number of ether oxygens (including phenoxy) is 1. The highest BCUT2D eigenvalue weighted by Gasteiger charge is 2.41. The van der Waals surface area contributed by atoms with Gasteiger partial charge in [0, 0.05) is 30.7 Å². The summed E-state index contributed by atoms with van der Waals surface area (Å²) >= 11 is 0. The molecule has 202 valence electrons. The number of nitrogens with one attached hydrogen (secondary N) is 2. The fraction of sp³-hybridized carbons (Fsp3) is 0.321. The lowest BCUT2D eigenvalue weighted by molar-refractivity contribution is -0.0512. The van der Waals surface area contributed by atoms with Gasteiger partial charge in [0.15, 0.2) is 11.3 Å². The summed E-state index contributed by atoms with van der Waals surface area (Å²) in [6.45, 7) is -0.299. The van der Waals surface area contributed by atoms with Crippen molar-refractivity contribution < 1.29 is 18.3 Å². The van der Waals surface area contributed by atoms with E-state index in [1.807, 2.05) is 35.5 Å². The quantitative estimate of drug-likeness (QED) is 0.374. The Labute approximate surface area is 224 Å². The highest BCUT2D eigenvalue weighted by Crippen LogP contribution is 2.37. The molecule has 0 radical (unpaired) electrons. The van der Waals surface area contributed by atoms with Crippen molar-refractivity contribution in [3.8, 4) is 5.75 Å². The van der Waals surface area contributed by atoms with Gasteiger partial charge in [-0.2, -0.15) is 13.9 Å². The molecule has 0 aliphatic carbocycles. The summed E-state index contributed by atoms with van der Waals surface area (Å²) in [5, 5.41) is 10.8. The van der Waals surface area contributed by atoms with Crippen molar-refractivity contribution in [2.75, 3.05) is 26.7 Å². The van der Waals surface area contributed by atoms with E-state index in [4.69, 9.17) is 4.74 Å². The summed E-state index contributed by atoms with van der Waals surface area (Å²) in [6, 6.07) is 12.5. The standard InChI is InChI=1S/C28H29F2N7O2/c1-35-12-7-19(8-13-35)18-36-14-9-28(34-36,33-26(38)22-17-32-37-11-4-10-31-25(22)37)23-15-20-5-2-3-6-21(20)16-24(23)39-27(29)30/h2-6,9-11,14-17,19,27,34H,7-8,12-13,18H2,1H3,(H,33,38). The molecule has 2 aromatic heterocycles. The Morgan fingerprint density at radius 2 is 1.97 bits per heavy atom. The maximum absolute atomic E-state index is 13.7. The van der Waals surface area contributed by atoms with Gasteiger partial charge in [-0.15, -0.1) is 0 Å². The molecule has 6 rings (SSSR count). The summed E-state index contributed by atoms with van der Waals surface area (Å²) < 4.78 is 33.7. The van der Waals surface area contributed by atoms with E-state index in [9.17, 15) is 13.6 Å². The summed E-state index contributed by atoms with van der Waals surface area (Å²) in [5.74, 6) is -0.0412. The van der Waals surface area contributed by atoms with Crippen molar-refractivity contribution in [2.45, 2.75) is 25.1 Å². The van der Waals surface area contributed by atoms with E-state index in [0.717, 1.165) is 36.7 Å². The van der Waals surface area contributed by atoms with Gasteiger partial charge in [0.2, 0.25) is 0 Å². The molecule has 0 bridgehead atoms. The SMILES string of the molecule is CN1CCC(CN2C=CC(NC(=O)c3cnn4cccnc34)(c3cc4ccccc4cc3OC(F)F)N2)CC1. The minimum Gasteiger partial charge on any atom is -0.434 e. The molecule has 11 heteroatoms. The minimum atomic E-state index is -3.04. The molecule has 9 nitrogen and oxygen atoms in total. The summed E-state index contributed by atoms with van der Waals surface area (Å²) in [4.78, 5) is 20.3. The zero-order chi connectivity index (χ0) is 27.0. The zero-order valence-electron chi connectivity index (χ0n) is 21.4. The van der Waals surface area contributed by atoms with Crippen molar-refractivity contribution >= 4 is 22.3 Å². The lowest BCUT2D eigenvalue weighted by Gasteiger charge is -2.36. The van der Waals surface area contributed by atoms with Crippen LogP contribution in [0.15, 0.2) is 73.3 Å². The zero-order valence-corrected chi connectivity index (χ0v) is 21.4. The number of aromatic nitrogens is 3. The lowest BCUT2D eigenvalue weighted by Crippen LogP contribution is -2.56. The van der Waals surface area contributed by atoms with Crippen molar-refractivity contribution in [3.63, 3.8) is 0 Å². The number of likely N-dealkylation sites (tertiary alicyclic amines) is 1. The highest BCUT2D eigenvalue weighted by molar-refractivity contribution is 6.00. The van der Waals surface area contributed by atoms with Gasteiger partial charge >= 0.3 is 6.61 Å². The molecule has 0 saturated carbocycles. The Kier molecular flexibility index (Phi) is 6.61. The number of carbonyl (C=O) groups excluding carboxylic acids is 1. The van der Waals surface area contributed by atoms with Crippen molar-refractivity contribution in [3.05, 3.63) is 84.5 Å². The first-order chi connectivity index (χ1) is 18.9. The molecule has 4 aromatic rings. The van der Waals surface area contributed by atoms with Crippen molar-refractivity contribution in [2.24, 2.45) is 5.92 Å². The number of benzene rings is 2. The molecule has 0 spiro atoms. The summed E-state index contributed by atoms with van der Waals surface area (Å²) in [7, 11) is 2.12. The maximum atomic E-state index is 13.7. The smallest absolute Gasteiger partial charge is 0.387 e. The van der Waals surface area contributed by atoms with Gasteiger partial charge in [0.1, 0.15) is 11.3 Å². The Bertz CT molecular complexity index is 1530. The van der Waals surface area contributed by atoms with Gasteiger partial charge in [0.25, 0.3) is 5.91 Å². The van der Waals surface area contributed by atoms with E-state index in [-0.39, 0.29) is 11.3 Å². The van der Waals surface area contributed by atoms with Gasteiger partial charge in [-0.25, -0.2) is 14.9 Å². The predicted octanol–water partition coefficient (Wildman–Crippen LogP) is 3.74. The monoisotopic (exact) mass is 533 g/mol. The molecule has 1 atom stereocenters. The maximum Gasteiger partial charge on any atom is 0.387 e. The molecule has 2 N–H and O–H groups in total. The minimum absolute atomic E-state index is 0.0275. The van der Waals surface area contributed by atoms with E-state index in [2.05, 4.69) is 32.8 Å². The van der Waals surface area contributed by atoms with Crippen LogP contribution < -0.4 is 15.5 Å². The number of hydrazine groups is 1. The number of piperidine rings is 1. The van der Waals surface area contributed by atoms with Gasteiger partial charge in [-0.1, -0.05) is 24.3 Å². The van der Waals surface area contributed by atoms with E-state index in [0.29, 0.717) is 23.7 Å². The third-order valence-electron chi connectivity index (χ3n) is 7.44. The van der Waals surface area contributed by atoms with Crippen LogP contribution >= 0.6 is 0 Å². The van der Waals surface area contributed by atoms with Crippen LogP contribution in [-0.2, 0) is 5.66 Å². The molecule has 1 saturated heterocycles. The average Bonchev–Trinajstić information content (AvgIpc) is 3.54.